The van der Waals surface area contributed by atoms with E-state index in [4.69, 9.17) is 25.8 Å². The van der Waals surface area contributed by atoms with Gasteiger partial charge in [-0.2, -0.15) is 0 Å². The van der Waals surface area contributed by atoms with Crippen LogP contribution in [0.4, 0.5) is 5.69 Å². The molecule has 0 saturated heterocycles. The molecule has 1 aromatic heterocycles. The van der Waals surface area contributed by atoms with Gasteiger partial charge in [0.1, 0.15) is 0 Å². The van der Waals surface area contributed by atoms with E-state index in [1.807, 2.05) is 0 Å². The largest absolute Gasteiger partial charge is 0.466 e. The average molecular weight is 331 g/mol. The molecule has 1 heterocycles. The number of halogens is 1. The van der Waals surface area contributed by atoms with Gasteiger partial charge in [0.05, 0.1) is 29.4 Å². The standard InChI is InChI=1S/C14H19ClN2O5/c1-5-22-12(18)7-10-11(6-9(15)8-16-10)17-13(19)14(2,20-3)21-4/h6,8H,5,7H2,1-4H3,(H,17,19). The van der Waals surface area contributed by atoms with E-state index in [1.165, 1.54) is 33.4 Å². The number of hydrogen-bond donors (Lipinski definition) is 1. The number of carbonyl (C=O) groups excluding carboxylic acids is 2. The summed E-state index contributed by atoms with van der Waals surface area (Å²) in [5.74, 6) is -2.47. The summed E-state index contributed by atoms with van der Waals surface area (Å²) in [5.41, 5.74) is 0.636. The number of aromatic nitrogens is 1. The third-order valence-corrected chi connectivity index (χ3v) is 3.20. The smallest absolute Gasteiger partial charge is 0.311 e. The van der Waals surface area contributed by atoms with Crippen molar-refractivity contribution in [2.24, 2.45) is 0 Å². The SMILES string of the molecule is CCOC(=O)Cc1ncc(Cl)cc1NC(=O)C(C)(OC)OC. The first-order valence-electron chi connectivity index (χ1n) is 6.58. The maximum atomic E-state index is 12.2. The number of nitrogens with one attached hydrogen (secondary N) is 1. The van der Waals surface area contributed by atoms with Crippen LogP contribution in [0.1, 0.15) is 19.5 Å². The lowest BCUT2D eigenvalue weighted by atomic mass is 10.2. The Balaban J connectivity index is 3.00. The van der Waals surface area contributed by atoms with Crippen LogP contribution in [0.5, 0.6) is 0 Å². The first-order valence-corrected chi connectivity index (χ1v) is 6.95. The van der Waals surface area contributed by atoms with Crippen LogP contribution >= 0.6 is 11.6 Å². The van der Waals surface area contributed by atoms with Gasteiger partial charge in [-0.1, -0.05) is 11.6 Å². The molecule has 1 aromatic rings. The van der Waals surface area contributed by atoms with E-state index in [0.717, 1.165) is 0 Å². The van der Waals surface area contributed by atoms with Crippen LogP contribution in [0, 0.1) is 0 Å². The highest BCUT2D eigenvalue weighted by molar-refractivity contribution is 6.30. The third-order valence-electron chi connectivity index (χ3n) is 2.99. The highest BCUT2D eigenvalue weighted by Crippen LogP contribution is 2.22. The second-order valence-electron chi connectivity index (χ2n) is 4.44. The van der Waals surface area contributed by atoms with E-state index in [1.54, 1.807) is 6.92 Å². The molecule has 122 valence electrons. The number of hydrogen-bond acceptors (Lipinski definition) is 6. The van der Waals surface area contributed by atoms with Gasteiger partial charge in [0, 0.05) is 20.4 Å². The predicted octanol–water partition coefficient (Wildman–Crippen LogP) is 1.79. The van der Waals surface area contributed by atoms with Gasteiger partial charge in [-0.25, -0.2) is 0 Å². The topological polar surface area (TPSA) is 86.8 Å². The van der Waals surface area contributed by atoms with Gasteiger partial charge >= 0.3 is 5.97 Å². The summed E-state index contributed by atoms with van der Waals surface area (Å²) in [6.07, 6.45) is 1.30. The van der Waals surface area contributed by atoms with Crippen molar-refractivity contribution in [3.8, 4) is 0 Å². The normalized spacial score (nSPS) is 11.1. The molecule has 0 saturated carbocycles. The molecule has 22 heavy (non-hydrogen) atoms. The van der Waals surface area contributed by atoms with Gasteiger partial charge in [0.15, 0.2) is 0 Å². The first kappa shape index (κ1) is 18.3. The molecule has 7 nitrogen and oxygen atoms in total. The number of nitrogens with zero attached hydrogens (tertiary/aromatic N) is 1. The van der Waals surface area contributed by atoms with E-state index in [2.05, 4.69) is 10.3 Å². The van der Waals surface area contributed by atoms with E-state index in [-0.39, 0.29) is 13.0 Å². The summed E-state index contributed by atoms with van der Waals surface area (Å²) in [6, 6.07) is 1.49. The fourth-order valence-electron chi connectivity index (χ4n) is 1.57. The maximum Gasteiger partial charge on any atom is 0.311 e. The van der Waals surface area contributed by atoms with Crippen LogP contribution < -0.4 is 5.32 Å². The van der Waals surface area contributed by atoms with Gasteiger partial charge in [0.25, 0.3) is 5.91 Å². The van der Waals surface area contributed by atoms with E-state index >= 15 is 0 Å². The Bertz CT molecular complexity index is 546. The first-order chi connectivity index (χ1) is 10.4. The molecule has 0 aromatic carbocycles. The summed E-state index contributed by atoms with van der Waals surface area (Å²) in [4.78, 5) is 27.9. The van der Waals surface area contributed by atoms with Crippen molar-refractivity contribution in [1.29, 1.82) is 0 Å². The molecule has 0 radical (unpaired) electrons. The number of rotatable bonds is 7. The molecular formula is C14H19ClN2O5. The predicted molar refractivity (Wildman–Crippen MR) is 80.6 cm³/mol. The van der Waals surface area contributed by atoms with Gasteiger partial charge in [-0.3, -0.25) is 14.6 Å². The minimum atomic E-state index is -1.47. The number of carbonyl (C=O) groups is 2. The molecular weight excluding hydrogens is 312 g/mol. The van der Waals surface area contributed by atoms with Crippen LogP contribution in [-0.2, 0) is 30.2 Å². The van der Waals surface area contributed by atoms with Crippen molar-refractivity contribution >= 4 is 29.2 Å². The second kappa shape index (κ2) is 8.07. The molecule has 1 amide bonds. The van der Waals surface area contributed by atoms with Crippen molar-refractivity contribution in [3.05, 3.63) is 23.0 Å². The molecule has 0 bridgehead atoms. The Labute approximate surface area is 133 Å². The zero-order valence-electron chi connectivity index (χ0n) is 12.9. The lowest BCUT2D eigenvalue weighted by Gasteiger charge is -2.25. The fraction of sp³-hybridized carbons (Fsp3) is 0.500. The summed E-state index contributed by atoms with van der Waals surface area (Å²) in [6.45, 7) is 3.43. The van der Waals surface area contributed by atoms with Gasteiger partial charge in [0.2, 0.25) is 5.79 Å². The van der Waals surface area contributed by atoms with Crippen LogP contribution in [0.2, 0.25) is 5.02 Å². The van der Waals surface area contributed by atoms with Gasteiger partial charge < -0.3 is 19.5 Å². The van der Waals surface area contributed by atoms with Crippen molar-refractivity contribution < 1.29 is 23.8 Å². The van der Waals surface area contributed by atoms with Crippen molar-refractivity contribution in [2.75, 3.05) is 26.1 Å². The minimum absolute atomic E-state index is 0.0860. The summed E-state index contributed by atoms with van der Waals surface area (Å²) in [5, 5.41) is 2.92. The van der Waals surface area contributed by atoms with Crippen LogP contribution in [-0.4, -0.2) is 43.5 Å². The Hall–Kier alpha value is -1.70. The number of methoxy groups -OCH3 is 2. The summed E-state index contributed by atoms with van der Waals surface area (Å²) in [7, 11) is 2.69. The molecule has 0 aliphatic carbocycles. The van der Waals surface area contributed by atoms with Crippen molar-refractivity contribution in [2.45, 2.75) is 26.1 Å². The lowest BCUT2D eigenvalue weighted by Crippen LogP contribution is -2.43. The Morgan fingerprint density at radius 1 is 1.36 bits per heavy atom. The second-order valence-corrected chi connectivity index (χ2v) is 4.87. The van der Waals surface area contributed by atoms with E-state index < -0.39 is 17.7 Å². The van der Waals surface area contributed by atoms with Crippen molar-refractivity contribution in [3.63, 3.8) is 0 Å². The third kappa shape index (κ3) is 4.66. The van der Waals surface area contributed by atoms with Crippen LogP contribution in [0.3, 0.4) is 0 Å². The zero-order valence-corrected chi connectivity index (χ0v) is 13.7. The molecule has 0 atom stereocenters. The molecule has 0 aliphatic rings. The highest BCUT2D eigenvalue weighted by Gasteiger charge is 2.33. The average Bonchev–Trinajstić information content (AvgIpc) is 2.49. The van der Waals surface area contributed by atoms with E-state index in [0.29, 0.717) is 16.4 Å². The number of esters is 1. The molecule has 0 unspecified atom stereocenters. The lowest BCUT2D eigenvalue weighted by molar-refractivity contribution is -0.195. The summed E-state index contributed by atoms with van der Waals surface area (Å²) < 4.78 is 14.9. The van der Waals surface area contributed by atoms with Crippen LogP contribution in [0.25, 0.3) is 0 Å². The molecule has 1 N–H and O–H groups in total. The van der Waals surface area contributed by atoms with E-state index in [9.17, 15) is 9.59 Å². The number of pyridine rings is 1. The number of anilines is 1. The monoisotopic (exact) mass is 330 g/mol. The van der Waals surface area contributed by atoms with Gasteiger partial charge in [-0.05, 0) is 19.9 Å². The molecule has 0 fully saturated rings. The Morgan fingerprint density at radius 2 is 2.00 bits per heavy atom. The number of amides is 1. The molecule has 8 heteroatoms. The molecule has 1 rings (SSSR count). The quantitative estimate of drug-likeness (QED) is 0.606. The fourth-order valence-corrected chi connectivity index (χ4v) is 1.73. The Kier molecular flexibility index (Phi) is 6.73. The summed E-state index contributed by atoms with van der Waals surface area (Å²) >= 11 is 5.89. The van der Waals surface area contributed by atoms with Crippen molar-refractivity contribution in [1.82, 2.24) is 4.98 Å². The zero-order chi connectivity index (χ0) is 16.8. The minimum Gasteiger partial charge on any atom is -0.466 e. The molecule has 0 spiro atoms. The van der Waals surface area contributed by atoms with Crippen LogP contribution in [0.15, 0.2) is 12.3 Å². The Morgan fingerprint density at radius 3 is 2.55 bits per heavy atom. The number of ether oxygens (including phenoxy) is 3. The molecule has 0 aliphatic heterocycles. The van der Waals surface area contributed by atoms with Gasteiger partial charge in [-0.15, -0.1) is 0 Å². The highest BCUT2D eigenvalue weighted by atomic mass is 35.5. The maximum absolute atomic E-state index is 12.2.